The SMILES string of the molecule is CC(C)C(NC(=O)/C=C/c1cccnc1)c1ccccc1. The molecule has 1 aromatic heterocycles. The molecule has 21 heavy (non-hydrogen) atoms. The first-order valence-corrected chi connectivity index (χ1v) is 7.10. The number of nitrogens with one attached hydrogen (secondary N) is 1. The molecule has 1 heterocycles. The predicted molar refractivity (Wildman–Crippen MR) is 85.4 cm³/mol. The van der Waals surface area contributed by atoms with Crippen LogP contribution in [0.15, 0.2) is 60.9 Å². The maximum atomic E-state index is 12.1. The van der Waals surface area contributed by atoms with Crippen LogP contribution in [0.5, 0.6) is 0 Å². The molecule has 0 spiro atoms. The maximum Gasteiger partial charge on any atom is 0.244 e. The minimum atomic E-state index is -0.0959. The van der Waals surface area contributed by atoms with Gasteiger partial charge >= 0.3 is 0 Å². The van der Waals surface area contributed by atoms with E-state index in [1.165, 1.54) is 0 Å². The summed E-state index contributed by atoms with van der Waals surface area (Å²) in [6.45, 7) is 4.20. The molecule has 3 nitrogen and oxygen atoms in total. The Bertz CT molecular complexity index is 591. The summed E-state index contributed by atoms with van der Waals surface area (Å²) in [7, 11) is 0. The van der Waals surface area contributed by atoms with E-state index in [-0.39, 0.29) is 11.9 Å². The Morgan fingerprint density at radius 1 is 1.14 bits per heavy atom. The summed E-state index contributed by atoms with van der Waals surface area (Å²) < 4.78 is 0. The van der Waals surface area contributed by atoms with Crippen molar-refractivity contribution in [1.82, 2.24) is 10.3 Å². The van der Waals surface area contributed by atoms with E-state index in [2.05, 4.69) is 24.1 Å². The van der Waals surface area contributed by atoms with Gasteiger partial charge in [-0.2, -0.15) is 0 Å². The van der Waals surface area contributed by atoms with Crippen LogP contribution in [-0.2, 0) is 4.79 Å². The summed E-state index contributed by atoms with van der Waals surface area (Å²) in [5.74, 6) is 0.226. The van der Waals surface area contributed by atoms with E-state index >= 15 is 0 Å². The smallest absolute Gasteiger partial charge is 0.244 e. The summed E-state index contributed by atoms with van der Waals surface area (Å²) in [5.41, 5.74) is 2.03. The molecule has 0 aliphatic heterocycles. The lowest BCUT2D eigenvalue weighted by atomic mass is 9.96. The maximum absolute atomic E-state index is 12.1. The molecule has 2 rings (SSSR count). The molecule has 0 aliphatic carbocycles. The molecule has 1 unspecified atom stereocenters. The van der Waals surface area contributed by atoms with E-state index in [1.54, 1.807) is 24.5 Å². The number of hydrogen-bond donors (Lipinski definition) is 1. The van der Waals surface area contributed by atoms with Gasteiger partial charge in [-0.25, -0.2) is 0 Å². The molecule has 108 valence electrons. The number of aromatic nitrogens is 1. The van der Waals surface area contributed by atoms with Gasteiger partial charge in [0.2, 0.25) is 5.91 Å². The monoisotopic (exact) mass is 280 g/mol. The van der Waals surface area contributed by atoms with Crippen molar-refractivity contribution in [2.24, 2.45) is 5.92 Å². The van der Waals surface area contributed by atoms with Crippen molar-refractivity contribution in [3.8, 4) is 0 Å². The molecule has 0 radical (unpaired) electrons. The Kier molecular flexibility index (Phi) is 5.27. The number of nitrogens with zero attached hydrogens (tertiary/aromatic N) is 1. The highest BCUT2D eigenvalue weighted by molar-refractivity contribution is 5.91. The lowest BCUT2D eigenvalue weighted by Crippen LogP contribution is -2.30. The first kappa shape index (κ1) is 15.0. The van der Waals surface area contributed by atoms with Crippen LogP contribution in [-0.4, -0.2) is 10.9 Å². The van der Waals surface area contributed by atoms with Crippen molar-refractivity contribution >= 4 is 12.0 Å². The van der Waals surface area contributed by atoms with E-state index < -0.39 is 0 Å². The number of carbonyl (C=O) groups excluding carboxylic acids is 1. The highest BCUT2D eigenvalue weighted by Gasteiger charge is 2.16. The van der Waals surface area contributed by atoms with E-state index in [0.717, 1.165) is 11.1 Å². The van der Waals surface area contributed by atoms with Gasteiger partial charge in [0.15, 0.2) is 0 Å². The molecule has 0 fully saturated rings. The standard InChI is InChI=1S/C18H20N2O/c1-14(2)18(16-8-4-3-5-9-16)20-17(21)11-10-15-7-6-12-19-13-15/h3-14,18H,1-2H3,(H,20,21)/b11-10+. The average Bonchev–Trinajstić information content (AvgIpc) is 2.52. The minimum Gasteiger partial charge on any atom is -0.345 e. The number of pyridine rings is 1. The first-order valence-electron chi connectivity index (χ1n) is 7.10. The van der Waals surface area contributed by atoms with Gasteiger partial charge in [0.05, 0.1) is 6.04 Å². The van der Waals surface area contributed by atoms with Crippen LogP contribution in [0.25, 0.3) is 6.08 Å². The zero-order valence-corrected chi connectivity index (χ0v) is 12.4. The van der Waals surface area contributed by atoms with E-state index in [0.29, 0.717) is 5.92 Å². The number of carbonyl (C=O) groups is 1. The third kappa shape index (κ3) is 4.56. The Morgan fingerprint density at radius 3 is 2.52 bits per heavy atom. The molecule has 1 atom stereocenters. The summed E-state index contributed by atoms with van der Waals surface area (Å²) in [6, 6.07) is 13.8. The van der Waals surface area contributed by atoms with Crippen molar-refractivity contribution in [1.29, 1.82) is 0 Å². The Hall–Kier alpha value is -2.42. The van der Waals surface area contributed by atoms with Crippen LogP contribution in [0.4, 0.5) is 0 Å². The number of benzene rings is 1. The topological polar surface area (TPSA) is 42.0 Å². The van der Waals surface area contributed by atoms with Crippen LogP contribution in [0.1, 0.15) is 31.0 Å². The number of rotatable bonds is 5. The summed E-state index contributed by atoms with van der Waals surface area (Å²) in [6.07, 6.45) is 6.75. The van der Waals surface area contributed by atoms with Gasteiger partial charge in [0.25, 0.3) is 0 Å². The normalized spacial score (nSPS) is 12.5. The second kappa shape index (κ2) is 7.39. The van der Waals surface area contributed by atoms with Gasteiger partial charge < -0.3 is 5.32 Å². The van der Waals surface area contributed by atoms with Gasteiger partial charge in [0.1, 0.15) is 0 Å². The minimum absolute atomic E-state index is 0.0113. The van der Waals surface area contributed by atoms with Crippen LogP contribution in [0, 0.1) is 5.92 Å². The van der Waals surface area contributed by atoms with Crippen molar-refractivity contribution in [2.45, 2.75) is 19.9 Å². The van der Waals surface area contributed by atoms with Gasteiger partial charge in [-0.3, -0.25) is 9.78 Å². The third-order valence-corrected chi connectivity index (χ3v) is 3.23. The molecule has 0 saturated carbocycles. The first-order chi connectivity index (χ1) is 10.2. The molecule has 0 aliphatic rings. The lowest BCUT2D eigenvalue weighted by molar-refractivity contribution is -0.117. The fourth-order valence-electron chi connectivity index (χ4n) is 2.14. The zero-order valence-electron chi connectivity index (χ0n) is 12.4. The second-order valence-corrected chi connectivity index (χ2v) is 5.26. The summed E-state index contributed by atoms with van der Waals surface area (Å²) in [4.78, 5) is 16.1. The van der Waals surface area contributed by atoms with Crippen LogP contribution in [0.2, 0.25) is 0 Å². The predicted octanol–water partition coefficient (Wildman–Crippen LogP) is 3.61. The van der Waals surface area contributed by atoms with Crippen LogP contribution < -0.4 is 5.32 Å². The highest BCUT2D eigenvalue weighted by Crippen LogP contribution is 2.21. The van der Waals surface area contributed by atoms with E-state index in [1.807, 2.05) is 42.5 Å². The fraction of sp³-hybridized carbons (Fsp3) is 0.222. The third-order valence-electron chi connectivity index (χ3n) is 3.23. The average molecular weight is 280 g/mol. The van der Waals surface area contributed by atoms with Gasteiger partial charge in [-0.15, -0.1) is 0 Å². The molecule has 2 aromatic rings. The quantitative estimate of drug-likeness (QED) is 0.850. The largest absolute Gasteiger partial charge is 0.345 e. The number of amides is 1. The number of hydrogen-bond acceptors (Lipinski definition) is 2. The van der Waals surface area contributed by atoms with Crippen molar-refractivity contribution < 1.29 is 4.79 Å². The van der Waals surface area contributed by atoms with Gasteiger partial charge in [-0.05, 0) is 29.2 Å². The van der Waals surface area contributed by atoms with Crippen LogP contribution in [0.3, 0.4) is 0 Å². The molecule has 1 aromatic carbocycles. The summed E-state index contributed by atoms with van der Waals surface area (Å²) >= 11 is 0. The molecule has 3 heteroatoms. The lowest BCUT2D eigenvalue weighted by Gasteiger charge is -2.22. The molecule has 0 bridgehead atoms. The van der Waals surface area contributed by atoms with E-state index in [4.69, 9.17) is 0 Å². The van der Waals surface area contributed by atoms with Gasteiger partial charge in [-0.1, -0.05) is 50.2 Å². The van der Waals surface area contributed by atoms with Crippen LogP contribution >= 0.6 is 0 Å². The van der Waals surface area contributed by atoms with Crippen molar-refractivity contribution in [2.75, 3.05) is 0 Å². The van der Waals surface area contributed by atoms with Gasteiger partial charge in [0, 0.05) is 18.5 Å². The highest BCUT2D eigenvalue weighted by atomic mass is 16.1. The molecular weight excluding hydrogens is 260 g/mol. The molecule has 0 saturated heterocycles. The molecular formula is C18H20N2O. The molecule has 1 amide bonds. The fourth-order valence-corrected chi connectivity index (χ4v) is 2.14. The van der Waals surface area contributed by atoms with Crippen molar-refractivity contribution in [3.63, 3.8) is 0 Å². The Balaban J connectivity index is 2.04. The Labute approximate surface area is 125 Å². The zero-order chi connectivity index (χ0) is 15.1. The molecule has 1 N–H and O–H groups in total. The van der Waals surface area contributed by atoms with E-state index in [9.17, 15) is 4.79 Å². The Morgan fingerprint density at radius 2 is 1.90 bits per heavy atom. The summed E-state index contributed by atoms with van der Waals surface area (Å²) in [5, 5.41) is 3.06. The second-order valence-electron chi connectivity index (χ2n) is 5.26. The van der Waals surface area contributed by atoms with Crippen molar-refractivity contribution in [3.05, 3.63) is 72.1 Å².